The number of benzene rings is 3. The minimum absolute atomic E-state index is 0.0617. The van der Waals surface area contributed by atoms with Gasteiger partial charge in [0.1, 0.15) is 27.8 Å². The number of nitro groups is 1. The summed E-state index contributed by atoms with van der Waals surface area (Å²) >= 11 is 5.98. The summed E-state index contributed by atoms with van der Waals surface area (Å²) in [4.78, 5) is 14.7. The first-order valence-corrected chi connectivity index (χ1v) is 9.09. The van der Waals surface area contributed by atoms with E-state index in [1.807, 2.05) is 6.07 Å². The summed E-state index contributed by atoms with van der Waals surface area (Å²) < 4.78 is 5.80. The quantitative estimate of drug-likeness (QED) is 0.159. The third kappa shape index (κ3) is 3.63. The predicted molar refractivity (Wildman–Crippen MR) is 115 cm³/mol. The van der Waals surface area contributed by atoms with Crippen LogP contribution in [0.3, 0.4) is 0 Å². The van der Waals surface area contributed by atoms with Gasteiger partial charge in [-0.15, -0.1) is 0 Å². The van der Waals surface area contributed by atoms with E-state index in [0.717, 1.165) is 6.07 Å². The van der Waals surface area contributed by atoms with Crippen molar-refractivity contribution in [3.63, 3.8) is 0 Å². The molecular weight excluding hydrogens is 410 g/mol. The molecule has 0 saturated heterocycles. The normalized spacial score (nSPS) is 11.2. The second kappa shape index (κ2) is 7.76. The molecule has 9 heteroatoms. The Labute approximate surface area is 174 Å². The summed E-state index contributed by atoms with van der Waals surface area (Å²) in [6.07, 6.45) is 1.45. The van der Waals surface area contributed by atoms with Crippen molar-refractivity contribution < 1.29 is 19.6 Å². The molecule has 0 spiro atoms. The van der Waals surface area contributed by atoms with Gasteiger partial charge in [0, 0.05) is 17.2 Å². The van der Waals surface area contributed by atoms with E-state index in [-0.39, 0.29) is 28.1 Å². The molecule has 30 heavy (non-hydrogen) atoms. The summed E-state index contributed by atoms with van der Waals surface area (Å²) in [7, 11) is 0. The van der Waals surface area contributed by atoms with E-state index in [2.05, 4.69) is 10.3 Å². The van der Waals surface area contributed by atoms with E-state index in [0.29, 0.717) is 22.2 Å². The molecule has 4 aromatic rings. The van der Waals surface area contributed by atoms with Crippen molar-refractivity contribution in [2.45, 2.75) is 0 Å². The number of fused-ring (bicyclic) bond motifs is 1. The second-order valence-corrected chi connectivity index (χ2v) is 6.71. The molecule has 8 nitrogen and oxygen atoms in total. The standard InChI is InChI=1S/C21H14ClN3O5/c22-14-9-15(18(27)10-16(14)25(28)29)24-20-13-6-2-4-8-19(13)30-21(20)23-11-12-5-1-3-7-17(12)26/h1-11,24,26-27H/b23-11+. The maximum absolute atomic E-state index is 11.0. The van der Waals surface area contributed by atoms with Crippen LogP contribution < -0.4 is 5.32 Å². The van der Waals surface area contributed by atoms with E-state index in [1.54, 1.807) is 36.4 Å². The van der Waals surface area contributed by atoms with E-state index in [4.69, 9.17) is 16.0 Å². The lowest BCUT2D eigenvalue weighted by atomic mass is 10.2. The number of phenols is 2. The molecule has 0 atom stereocenters. The third-order valence-electron chi connectivity index (χ3n) is 4.36. The van der Waals surface area contributed by atoms with Crippen LogP contribution in [0.1, 0.15) is 5.56 Å². The van der Waals surface area contributed by atoms with Gasteiger partial charge < -0.3 is 19.9 Å². The highest BCUT2D eigenvalue weighted by Gasteiger charge is 2.20. The number of nitrogens with one attached hydrogen (secondary N) is 1. The Bertz CT molecular complexity index is 1300. The van der Waals surface area contributed by atoms with E-state index in [9.17, 15) is 20.3 Å². The number of hydrogen-bond acceptors (Lipinski definition) is 7. The largest absolute Gasteiger partial charge is 0.507 e. The van der Waals surface area contributed by atoms with Gasteiger partial charge in [-0.05, 0) is 30.3 Å². The van der Waals surface area contributed by atoms with Crippen molar-refractivity contribution in [2.24, 2.45) is 4.99 Å². The number of aliphatic imine (C=N–C) groups is 1. The Morgan fingerprint density at radius 2 is 1.80 bits per heavy atom. The molecule has 4 rings (SSSR count). The van der Waals surface area contributed by atoms with Gasteiger partial charge in [-0.25, -0.2) is 4.99 Å². The molecule has 0 fully saturated rings. The van der Waals surface area contributed by atoms with Crippen LogP contribution in [0.25, 0.3) is 11.0 Å². The Hall–Kier alpha value is -4.04. The first-order chi connectivity index (χ1) is 14.4. The molecular formula is C21H14ClN3O5. The summed E-state index contributed by atoms with van der Waals surface area (Å²) in [6.45, 7) is 0. The number of halogens is 1. The lowest BCUT2D eigenvalue weighted by Gasteiger charge is -2.09. The number of nitrogens with zero attached hydrogens (tertiary/aromatic N) is 2. The number of rotatable bonds is 5. The van der Waals surface area contributed by atoms with Gasteiger partial charge in [0.25, 0.3) is 5.69 Å². The zero-order valence-corrected chi connectivity index (χ0v) is 16.0. The number of phenolic OH excluding ortho intramolecular Hbond substituents is 2. The minimum Gasteiger partial charge on any atom is -0.507 e. The van der Waals surface area contributed by atoms with Crippen LogP contribution in [0.2, 0.25) is 5.02 Å². The highest BCUT2D eigenvalue weighted by atomic mass is 35.5. The molecule has 1 heterocycles. The van der Waals surface area contributed by atoms with Crippen LogP contribution in [-0.2, 0) is 0 Å². The first kappa shape index (κ1) is 19.3. The Kier molecular flexibility index (Phi) is 4.99. The van der Waals surface area contributed by atoms with Gasteiger partial charge in [0.05, 0.1) is 16.7 Å². The molecule has 0 unspecified atom stereocenters. The molecule has 0 aliphatic rings. The maximum atomic E-state index is 11.0. The molecule has 0 radical (unpaired) electrons. The first-order valence-electron chi connectivity index (χ1n) is 8.71. The van der Waals surface area contributed by atoms with Gasteiger partial charge >= 0.3 is 0 Å². The molecule has 0 aliphatic carbocycles. The molecule has 0 amide bonds. The molecule has 1 aromatic heterocycles. The van der Waals surface area contributed by atoms with Crippen LogP contribution in [-0.4, -0.2) is 21.4 Å². The van der Waals surface area contributed by atoms with Crippen LogP contribution in [0, 0.1) is 10.1 Å². The van der Waals surface area contributed by atoms with Gasteiger partial charge in [-0.1, -0.05) is 35.9 Å². The molecule has 150 valence electrons. The van der Waals surface area contributed by atoms with E-state index < -0.39 is 10.6 Å². The van der Waals surface area contributed by atoms with Crippen molar-refractivity contribution in [1.82, 2.24) is 0 Å². The number of anilines is 2. The average molecular weight is 424 g/mol. The Morgan fingerprint density at radius 1 is 1.07 bits per heavy atom. The van der Waals surface area contributed by atoms with Crippen molar-refractivity contribution in [1.29, 1.82) is 0 Å². The van der Waals surface area contributed by atoms with Crippen LogP contribution in [0.4, 0.5) is 22.9 Å². The SMILES string of the molecule is O=[N+]([O-])c1cc(O)c(Nc2c(/N=C/c3ccccc3O)oc3ccccc23)cc1Cl. The number of para-hydroxylation sites is 2. The second-order valence-electron chi connectivity index (χ2n) is 6.30. The van der Waals surface area contributed by atoms with Crippen LogP contribution in [0.15, 0.2) is 70.1 Å². The van der Waals surface area contributed by atoms with Gasteiger partial charge in [0.2, 0.25) is 5.88 Å². The Balaban J connectivity index is 1.79. The average Bonchev–Trinajstić information content (AvgIpc) is 3.07. The third-order valence-corrected chi connectivity index (χ3v) is 4.66. The monoisotopic (exact) mass is 423 g/mol. The highest BCUT2D eigenvalue weighted by Crippen LogP contribution is 2.42. The molecule has 3 N–H and O–H groups in total. The van der Waals surface area contributed by atoms with Crippen molar-refractivity contribution >= 4 is 51.7 Å². The number of hydrogen-bond donors (Lipinski definition) is 3. The highest BCUT2D eigenvalue weighted by molar-refractivity contribution is 6.33. The topological polar surface area (TPSA) is 121 Å². The van der Waals surface area contributed by atoms with Crippen molar-refractivity contribution in [3.8, 4) is 11.5 Å². The number of furan rings is 1. The lowest BCUT2D eigenvalue weighted by Crippen LogP contribution is -1.94. The molecule has 3 aromatic carbocycles. The molecule has 0 aliphatic heterocycles. The summed E-state index contributed by atoms with van der Waals surface area (Å²) in [5.74, 6) is -0.105. The fourth-order valence-electron chi connectivity index (χ4n) is 2.89. The fraction of sp³-hybridized carbons (Fsp3) is 0. The summed E-state index contributed by atoms with van der Waals surface area (Å²) in [5.41, 5.74) is 1.20. The minimum atomic E-state index is -0.679. The smallest absolute Gasteiger partial charge is 0.291 e. The molecule has 0 bridgehead atoms. The van der Waals surface area contributed by atoms with Crippen molar-refractivity contribution in [2.75, 3.05) is 5.32 Å². The molecule has 0 saturated carbocycles. The maximum Gasteiger partial charge on any atom is 0.291 e. The fourth-order valence-corrected chi connectivity index (χ4v) is 3.13. The number of aromatic hydroxyl groups is 2. The van der Waals surface area contributed by atoms with Gasteiger partial charge in [-0.3, -0.25) is 10.1 Å². The van der Waals surface area contributed by atoms with E-state index >= 15 is 0 Å². The van der Waals surface area contributed by atoms with Crippen LogP contribution >= 0.6 is 11.6 Å². The number of nitro benzene ring substituents is 1. The predicted octanol–water partition coefficient (Wildman–Crippen LogP) is 5.90. The van der Waals surface area contributed by atoms with Gasteiger partial charge in [-0.2, -0.15) is 0 Å². The summed E-state index contributed by atoms with van der Waals surface area (Å²) in [5, 5.41) is 34.7. The zero-order valence-electron chi connectivity index (χ0n) is 15.2. The lowest BCUT2D eigenvalue weighted by molar-refractivity contribution is -0.384. The van der Waals surface area contributed by atoms with E-state index in [1.165, 1.54) is 18.3 Å². The van der Waals surface area contributed by atoms with Crippen molar-refractivity contribution in [3.05, 3.63) is 81.4 Å². The van der Waals surface area contributed by atoms with Crippen LogP contribution in [0.5, 0.6) is 11.5 Å². The summed E-state index contributed by atoms with van der Waals surface area (Å²) in [6, 6.07) is 16.1. The van der Waals surface area contributed by atoms with Gasteiger partial charge in [0.15, 0.2) is 0 Å². The zero-order chi connectivity index (χ0) is 21.3. The Morgan fingerprint density at radius 3 is 2.57 bits per heavy atom.